The molecule has 0 rings (SSSR count). The largest absolute Gasteiger partial charge is 0.286 e. The number of hydrogen-bond acceptors (Lipinski definition) is 9. The van der Waals surface area contributed by atoms with Gasteiger partial charge in [-0.1, -0.05) is 3.71 Å². The average molecular weight is 454 g/mol. The predicted molar refractivity (Wildman–Crippen MR) is 99.9 cm³/mol. The molecule has 0 aromatic carbocycles. The molecule has 0 fully saturated rings. The fourth-order valence-electron chi connectivity index (χ4n) is 0.701. The van der Waals surface area contributed by atoms with Crippen LogP contribution >= 0.6 is 0 Å². The van der Waals surface area contributed by atoms with Gasteiger partial charge in [0.1, 0.15) is 0 Å². The highest BCUT2D eigenvalue weighted by molar-refractivity contribution is 8.03. The van der Waals surface area contributed by atoms with Crippen LogP contribution in [0.25, 0.3) is 0 Å². The Balaban J connectivity index is -0.000000322. The SMILES string of the molecule is CC(=O)N(C)C(C)=O.CC(=O)N(C)S(C)(=O)=O.CN(S(C)(=O)=O)S(C)(=O)=O. The highest BCUT2D eigenvalue weighted by Crippen LogP contribution is 1.98. The molecule has 0 aromatic heterocycles. The Kier molecular flexibility index (Phi) is 12.6. The lowest BCUT2D eigenvalue weighted by atomic mass is 10.5. The molecule has 162 valence electrons. The first-order valence-electron chi connectivity index (χ1n) is 6.90. The van der Waals surface area contributed by atoms with Crippen molar-refractivity contribution in [3.8, 4) is 0 Å². The van der Waals surface area contributed by atoms with E-state index in [0.717, 1.165) is 30.7 Å². The van der Waals surface area contributed by atoms with E-state index in [4.69, 9.17) is 0 Å². The van der Waals surface area contributed by atoms with E-state index in [1.807, 2.05) is 0 Å². The van der Waals surface area contributed by atoms with E-state index in [1.54, 1.807) is 0 Å². The van der Waals surface area contributed by atoms with Crippen LogP contribution < -0.4 is 0 Å². The number of imide groups is 1. The molecule has 0 bridgehead atoms. The lowest BCUT2D eigenvalue weighted by Gasteiger charge is -2.09. The van der Waals surface area contributed by atoms with Gasteiger partial charge in [-0.2, -0.15) is 0 Å². The molecule has 0 unspecified atom stereocenters. The molecular formula is C12H27N3O9S3. The van der Waals surface area contributed by atoms with Gasteiger partial charge in [0.2, 0.25) is 47.8 Å². The standard InChI is InChI=1S/C5H9NO2.C4H9NO3S.C3H9NO4S2/c1-4(7)6(3)5(2)8;1-4(6)5(2)9(3,7)8;1-4(9(2,5)6)10(3,7)8/h1-3H3;1-3H3;1-3H3. The van der Waals surface area contributed by atoms with Crippen LogP contribution in [0.15, 0.2) is 0 Å². The number of hydrogen-bond donors (Lipinski definition) is 0. The Bertz CT molecular complexity index is 800. The van der Waals surface area contributed by atoms with E-state index in [1.165, 1.54) is 34.9 Å². The highest BCUT2D eigenvalue weighted by Gasteiger charge is 2.20. The van der Waals surface area contributed by atoms with Crippen LogP contribution in [-0.2, 0) is 44.5 Å². The number of carbonyl (C=O) groups is 3. The molecule has 0 spiro atoms. The van der Waals surface area contributed by atoms with Crippen molar-refractivity contribution in [1.29, 1.82) is 0 Å². The molecule has 0 radical (unpaired) electrons. The summed E-state index contributed by atoms with van der Waals surface area (Å²) in [6.45, 7) is 3.89. The molecule has 3 amide bonds. The van der Waals surface area contributed by atoms with E-state index in [2.05, 4.69) is 0 Å². The van der Waals surface area contributed by atoms with Gasteiger partial charge in [-0.3, -0.25) is 19.3 Å². The fraction of sp³-hybridized carbons (Fsp3) is 0.750. The summed E-state index contributed by atoms with van der Waals surface area (Å²) < 4.78 is 64.1. The summed E-state index contributed by atoms with van der Waals surface area (Å²) in [4.78, 5) is 32.0. The van der Waals surface area contributed by atoms with Crippen molar-refractivity contribution >= 4 is 47.8 Å². The Morgan fingerprint density at radius 3 is 0.815 bits per heavy atom. The molecule has 0 aliphatic carbocycles. The van der Waals surface area contributed by atoms with Gasteiger partial charge in [-0.15, -0.1) is 0 Å². The van der Waals surface area contributed by atoms with Gasteiger partial charge in [0.25, 0.3) is 0 Å². The second-order valence-corrected chi connectivity index (χ2v) is 11.5. The zero-order valence-corrected chi connectivity index (χ0v) is 19.2. The molecule has 0 heterocycles. The average Bonchev–Trinajstić information content (AvgIpc) is 2.42. The van der Waals surface area contributed by atoms with Gasteiger partial charge >= 0.3 is 0 Å². The van der Waals surface area contributed by atoms with Crippen molar-refractivity contribution in [1.82, 2.24) is 12.9 Å². The van der Waals surface area contributed by atoms with E-state index in [0.29, 0.717) is 8.02 Å². The van der Waals surface area contributed by atoms with Gasteiger partial charge < -0.3 is 0 Å². The second kappa shape index (κ2) is 11.3. The minimum atomic E-state index is -3.62. The predicted octanol–water partition coefficient (Wildman–Crippen LogP) is -1.73. The minimum absolute atomic E-state index is 0.225. The maximum absolute atomic E-state index is 10.5. The molecule has 12 nitrogen and oxygen atoms in total. The van der Waals surface area contributed by atoms with Crippen LogP contribution in [0.1, 0.15) is 20.8 Å². The summed E-state index contributed by atoms with van der Waals surface area (Å²) in [5.74, 6) is -0.924. The van der Waals surface area contributed by atoms with E-state index in [-0.39, 0.29) is 11.8 Å². The maximum atomic E-state index is 10.5. The minimum Gasteiger partial charge on any atom is -0.286 e. The summed E-state index contributed by atoms with van der Waals surface area (Å²) >= 11 is 0. The molecule has 0 N–H and O–H groups in total. The topological polar surface area (TPSA) is 163 Å². The molecule has 27 heavy (non-hydrogen) atoms. The second-order valence-electron chi connectivity index (χ2n) is 5.25. The first-order chi connectivity index (χ1) is 11.6. The third-order valence-corrected chi connectivity index (χ3v) is 7.56. The van der Waals surface area contributed by atoms with Gasteiger partial charge in [0.15, 0.2) is 0 Å². The van der Waals surface area contributed by atoms with Crippen LogP contribution in [-0.4, -0.2) is 95.8 Å². The normalized spacial score (nSPS) is 11.3. The Morgan fingerprint density at radius 2 is 0.815 bits per heavy atom. The number of rotatable bonds is 3. The van der Waals surface area contributed by atoms with Crippen molar-refractivity contribution in [2.45, 2.75) is 20.8 Å². The van der Waals surface area contributed by atoms with Crippen LogP contribution in [0.3, 0.4) is 0 Å². The lowest BCUT2D eigenvalue weighted by molar-refractivity contribution is -0.140. The van der Waals surface area contributed by atoms with Crippen molar-refractivity contribution in [3.63, 3.8) is 0 Å². The maximum Gasteiger partial charge on any atom is 0.234 e. The van der Waals surface area contributed by atoms with Gasteiger partial charge in [0.05, 0.1) is 18.8 Å². The molecule has 0 aliphatic rings. The third kappa shape index (κ3) is 15.2. The van der Waals surface area contributed by atoms with Crippen molar-refractivity contribution in [3.05, 3.63) is 0 Å². The van der Waals surface area contributed by atoms with Crippen molar-refractivity contribution in [2.24, 2.45) is 0 Å². The summed E-state index contributed by atoms with van der Waals surface area (Å²) in [6.07, 6.45) is 2.64. The zero-order chi connectivity index (χ0) is 23.0. The molecule has 0 atom stereocenters. The van der Waals surface area contributed by atoms with Crippen LogP contribution in [0.4, 0.5) is 0 Å². The van der Waals surface area contributed by atoms with Crippen LogP contribution in [0.2, 0.25) is 0 Å². The van der Waals surface area contributed by atoms with Gasteiger partial charge in [-0.25, -0.2) is 29.6 Å². The van der Waals surface area contributed by atoms with E-state index >= 15 is 0 Å². The molecule has 0 saturated heterocycles. The first-order valence-corrected chi connectivity index (χ1v) is 12.4. The number of amides is 3. The summed E-state index contributed by atoms with van der Waals surface area (Å²) in [6, 6.07) is 0. The number of sulfonamides is 3. The van der Waals surface area contributed by atoms with Crippen molar-refractivity contribution in [2.75, 3.05) is 39.9 Å². The van der Waals surface area contributed by atoms with Crippen molar-refractivity contribution < 1.29 is 39.6 Å². The molecule has 0 aromatic rings. The zero-order valence-electron chi connectivity index (χ0n) is 16.7. The quantitative estimate of drug-likeness (QED) is 0.483. The Labute approximate surface area is 161 Å². The van der Waals surface area contributed by atoms with E-state index in [9.17, 15) is 39.6 Å². The Hall–Kier alpha value is -1.58. The van der Waals surface area contributed by atoms with Gasteiger partial charge in [0, 0.05) is 41.9 Å². The first kappa shape index (κ1) is 30.2. The van der Waals surface area contributed by atoms with Crippen LogP contribution in [0, 0.1) is 0 Å². The molecular weight excluding hydrogens is 426 g/mol. The smallest absolute Gasteiger partial charge is 0.234 e. The van der Waals surface area contributed by atoms with E-state index < -0.39 is 36.0 Å². The molecule has 0 aliphatic heterocycles. The summed E-state index contributed by atoms with van der Waals surface area (Å²) in [7, 11) is -6.89. The van der Waals surface area contributed by atoms with Gasteiger partial charge in [-0.05, 0) is 0 Å². The Morgan fingerprint density at radius 1 is 0.556 bits per heavy atom. The lowest BCUT2D eigenvalue weighted by Crippen LogP contribution is -2.31. The number of carbonyl (C=O) groups excluding carboxylic acids is 3. The fourth-order valence-corrected chi connectivity index (χ4v) is 3.14. The molecule has 0 saturated carbocycles. The molecule has 15 heteroatoms. The third-order valence-electron chi connectivity index (χ3n) is 2.82. The monoisotopic (exact) mass is 453 g/mol. The summed E-state index contributed by atoms with van der Waals surface area (Å²) in [5.41, 5.74) is 0. The number of nitrogens with zero attached hydrogens (tertiary/aromatic N) is 3. The van der Waals surface area contributed by atoms with Crippen LogP contribution in [0.5, 0.6) is 0 Å². The highest BCUT2D eigenvalue weighted by atomic mass is 32.3. The summed E-state index contributed by atoms with van der Waals surface area (Å²) in [5, 5.41) is 0.